The van der Waals surface area contributed by atoms with Gasteiger partial charge in [0.15, 0.2) is 17.6 Å². The fourth-order valence-corrected chi connectivity index (χ4v) is 5.81. The standard InChI is InChI=1S/C34H38N6OS.C2H2O2/c1-22(13-14-31-37-17-18-42-31)40-38-21-26-10-6-8-12-29(26)33(41)39-34(15-16-34)27-19-25-9-5-7-11-28(25)30(20-27)32(23(2)35)24(3)36-4;3-1-2-4/h5-12,17-20,22-23,36,38,40H,15-16,21,35H2,1-4H3,(H,39,41);1-2H/b32-24+;. The van der Waals surface area contributed by atoms with Crippen molar-refractivity contribution in [3.8, 4) is 11.8 Å². The molecular weight excluding hydrogens is 597 g/mol. The molecule has 1 fully saturated rings. The number of nitrogens with zero attached hydrogens (tertiary/aromatic N) is 1. The molecule has 9 nitrogen and oxygen atoms in total. The fraction of sp³-hybridized carbons (Fsp3) is 0.278. The van der Waals surface area contributed by atoms with E-state index in [1.54, 1.807) is 6.20 Å². The second kappa shape index (κ2) is 16.1. The first-order valence-electron chi connectivity index (χ1n) is 15.1. The van der Waals surface area contributed by atoms with Gasteiger partial charge in [-0.3, -0.25) is 19.8 Å². The van der Waals surface area contributed by atoms with Crippen molar-refractivity contribution in [1.29, 1.82) is 0 Å². The molecule has 0 saturated heterocycles. The van der Waals surface area contributed by atoms with Gasteiger partial charge in [-0.15, -0.1) is 11.3 Å². The van der Waals surface area contributed by atoms with Crippen LogP contribution >= 0.6 is 11.3 Å². The molecule has 46 heavy (non-hydrogen) atoms. The number of amides is 1. The molecule has 10 heteroatoms. The van der Waals surface area contributed by atoms with Crippen LogP contribution in [-0.4, -0.2) is 42.6 Å². The van der Waals surface area contributed by atoms with E-state index in [-0.39, 0.29) is 30.6 Å². The Morgan fingerprint density at radius 2 is 1.78 bits per heavy atom. The van der Waals surface area contributed by atoms with Crippen molar-refractivity contribution in [3.05, 3.63) is 105 Å². The molecule has 5 rings (SSSR count). The molecule has 2 atom stereocenters. The molecule has 1 aliphatic carbocycles. The van der Waals surface area contributed by atoms with Crippen molar-refractivity contribution in [1.82, 2.24) is 26.5 Å². The predicted molar refractivity (Wildman–Crippen MR) is 185 cm³/mol. The Kier molecular flexibility index (Phi) is 11.9. The average molecular weight is 637 g/mol. The molecule has 4 aromatic rings. The molecule has 238 valence electrons. The van der Waals surface area contributed by atoms with Crippen LogP contribution in [0.4, 0.5) is 0 Å². The highest BCUT2D eigenvalue weighted by atomic mass is 32.1. The second-order valence-electron chi connectivity index (χ2n) is 11.1. The fourth-order valence-electron chi connectivity index (χ4n) is 5.32. The van der Waals surface area contributed by atoms with Gasteiger partial charge >= 0.3 is 0 Å². The zero-order valence-corrected chi connectivity index (χ0v) is 27.3. The number of nitrogens with one attached hydrogen (secondary N) is 4. The lowest BCUT2D eigenvalue weighted by Crippen LogP contribution is -2.39. The van der Waals surface area contributed by atoms with E-state index in [1.807, 2.05) is 50.5 Å². The van der Waals surface area contributed by atoms with Crippen LogP contribution in [0.2, 0.25) is 0 Å². The highest BCUT2D eigenvalue weighted by molar-refractivity contribution is 7.10. The van der Waals surface area contributed by atoms with E-state index in [1.165, 1.54) is 11.3 Å². The molecule has 2 unspecified atom stereocenters. The number of carbonyl (C=O) groups is 3. The average Bonchev–Trinajstić information content (AvgIpc) is 3.65. The van der Waals surface area contributed by atoms with Gasteiger partial charge in [0, 0.05) is 42.5 Å². The van der Waals surface area contributed by atoms with Crippen molar-refractivity contribution >= 4 is 46.2 Å². The maximum Gasteiger partial charge on any atom is 0.252 e. The van der Waals surface area contributed by atoms with E-state index in [0.29, 0.717) is 12.1 Å². The van der Waals surface area contributed by atoms with Gasteiger partial charge in [0.1, 0.15) is 0 Å². The maximum absolute atomic E-state index is 13.7. The maximum atomic E-state index is 13.7. The molecule has 0 aliphatic heterocycles. The van der Waals surface area contributed by atoms with Gasteiger partial charge in [0.2, 0.25) is 0 Å². The van der Waals surface area contributed by atoms with Crippen molar-refractivity contribution in [2.45, 2.75) is 57.8 Å². The van der Waals surface area contributed by atoms with E-state index in [9.17, 15) is 4.79 Å². The summed E-state index contributed by atoms with van der Waals surface area (Å²) in [5.41, 5.74) is 18.4. The van der Waals surface area contributed by atoms with Crippen LogP contribution < -0.4 is 27.2 Å². The molecular formula is C36H40N6O3S. The number of aromatic nitrogens is 1. The smallest absolute Gasteiger partial charge is 0.252 e. The summed E-state index contributed by atoms with van der Waals surface area (Å²) in [5.74, 6) is 6.13. The molecule has 0 bridgehead atoms. The number of nitrogens with two attached hydrogens (primary N) is 1. The quantitative estimate of drug-likeness (QED) is 0.0706. The molecule has 1 saturated carbocycles. The third kappa shape index (κ3) is 8.53. The summed E-state index contributed by atoms with van der Waals surface area (Å²) in [4.78, 5) is 35.5. The van der Waals surface area contributed by atoms with Crippen LogP contribution in [0.5, 0.6) is 0 Å². The number of benzene rings is 3. The van der Waals surface area contributed by atoms with Gasteiger partial charge in [-0.1, -0.05) is 48.4 Å². The highest BCUT2D eigenvalue weighted by Gasteiger charge is 2.46. The van der Waals surface area contributed by atoms with Crippen LogP contribution in [0.15, 0.2) is 77.9 Å². The number of hydrazine groups is 1. The Hall–Kier alpha value is -4.66. The van der Waals surface area contributed by atoms with E-state index < -0.39 is 5.54 Å². The summed E-state index contributed by atoms with van der Waals surface area (Å²) < 4.78 is 0. The van der Waals surface area contributed by atoms with Gasteiger partial charge in [-0.25, -0.2) is 10.4 Å². The first-order valence-corrected chi connectivity index (χ1v) is 16.0. The normalized spacial score (nSPS) is 14.7. The zero-order chi connectivity index (χ0) is 33.1. The summed E-state index contributed by atoms with van der Waals surface area (Å²) >= 11 is 1.52. The molecule has 0 radical (unpaired) electrons. The number of thiazole rings is 1. The van der Waals surface area contributed by atoms with Crippen LogP contribution in [-0.2, 0) is 21.7 Å². The van der Waals surface area contributed by atoms with E-state index in [2.05, 4.69) is 81.6 Å². The number of fused-ring (bicyclic) bond motifs is 1. The summed E-state index contributed by atoms with van der Waals surface area (Å²) in [7, 11) is 1.92. The SMILES string of the molecule is CN/C(C)=C(/c1cc(C2(NC(=O)c3ccccc3CNNC(C)C#Cc3nccs3)CC2)cc2ccccc12)C(C)N.O=CC=O. The molecule has 1 heterocycles. The van der Waals surface area contributed by atoms with Crippen molar-refractivity contribution in [2.24, 2.45) is 5.73 Å². The monoisotopic (exact) mass is 636 g/mol. The number of hydrogen-bond acceptors (Lipinski definition) is 9. The lowest BCUT2D eigenvalue weighted by Gasteiger charge is -2.24. The van der Waals surface area contributed by atoms with Gasteiger partial charge in [-0.05, 0) is 90.8 Å². The second-order valence-corrected chi connectivity index (χ2v) is 12.0. The van der Waals surface area contributed by atoms with Crippen molar-refractivity contribution < 1.29 is 14.4 Å². The lowest BCUT2D eigenvalue weighted by atomic mass is 9.88. The Morgan fingerprint density at radius 1 is 1.07 bits per heavy atom. The summed E-state index contributed by atoms with van der Waals surface area (Å²) in [5, 5.41) is 11.7. The van der Waals surface area contributed by atoms with Gasteiger partial charge in [0.05, 0.1) is 11.6 Å². The lowest BCUT2D eigenvalue weighted by molar-refractivity contribution is -0.122. The molecule has 0 spiro atoms. The molecule has 6 N–H and O–H groups in total. The molecule has 1 amide bonds. The van der Waals surface area contributed by atoms with Crippen LogP contribution in [0.3, 0.4) is 0 Å². The third-order valence-electron chi connectivity index (χ3n) is 7.78. The molecule has 3 aromatic carbocycles. The molecule has 1 aromatic heterocycles. The van der Waals surface area contributed by atoms with Crippen LogP contribution in [0.25, 0.3) is 16.3 Å². The minimum atomic E-state index is -0.412. The minimum absolute atomic E-state index is 0.0782. The first kappa shape index (κ1) is 34.2. The number of aldehydes is 2. The third-order valence-corrected chi connectivity index (χ3v) is 8.47. The Labute approximate surface area is 274 Å². The van der Waals surface area contributed by atoms with Crippen molar-refractivity contribution in [3.63, 3.8) is 0 Å². The highest BCUT2D eigenvalue weighted by Crippen LogP contribution is 2.47. The van der Waals surface area contributed by atoms with E-state index in [0.717, 1.165) is 56.6 Å². The minimum Gasteiger partial charge on any atom is -0.391 e. The van der Waals surface area contributed by atoms with Gasteiger partial charge < -0.3 is 16.4 Å². The largest absolute Gasteiger partial charge is 0.391 e. The number of carbonyl (C=O) groups excluding carboxylic acids is 3. The zero-order valence-electron chi connectivity index (χ0n) is 26.5. The Morgan fingerprint density at radius 3 is 2.43 bits per heavy atom. The van der Waals surface area contributed by atoms with E-state index in [4.69, 9.17) is 15.3 Å². The summed E-state index contributed by atoms with van der Waals surface area (Å²) in [6.07, 6.45) is 3.91. The van der Waals surface area contributed by atoms with Gasteiger partial charge in [-0.2, -0.15) is 0 Å². The van der Waals surface area contributed by atoms with Crippen LogP contribution in [0, 0.1) is 11.8 Å². The summed E-state index contributed by atoms with van der Waals surface area (Å²) in [6, 6.07) is 20.3. The predicted octanol–water partition coefficient (Wildman–Crippen LogP) is 4.43. The molecule has 1 aliphatic rings. The number of rotatable bonds is 11. The van der Waals surface area contributed by atoms with Crippen LogP contribution in [0.1, 0.15) is 65.7 Å². The number of hydrogen-bond donors (Lipinski definition) is 5. The van der Waals surface area contributed by atoms with E-state index >= 15 is 0 Å². The summed E-state index contributed by atoms with van der Waals surface area (Å²) in [6.45, 7) is 6.53. The number of allylic oxidation sites excluding steroid dienone is 1. The Bertz CT molecular complexity index is 1760. The topological polar surface area (TPSA) is 138 Å². The first-order chi connectivity index (χ1) is 22.2. The Balaban J connectivity index is 0.00000113. The van der Waals surface area contributed by atoms with Gasteiger partial charge in [0.25, 0.3) is 5.91 Å². The van der Waals surface area contributed by atoms with Crippen molar-refractivity contribution in [2.75, 3.05) is 7.05 Å².